The van der Waals surface area contributed by atoms with Crippen molar-refractivity contribution in [2.24, 2.45) is 0 Å². The van der Waals surface area contributed by atoms with Gasteiger partial charge in [0.25, 0.3) is 5.91 Å². The van der Waals surface area contributed by atoms with E-state index in [4.69, 9.17) is 13.9 Å². The van der Waals surface area contributed by atoms with Gasteiger partial charge in [0.15, 0.2) is 5.76 Å². The molecule has 2 atom stereocenters. The number of hydrogen-bond acceptors (Lipinski definition) is 4. The molecule has 1 fully saturated rings. The number of ether oxygens (including phenoxy) is 2. The fraction of sp³-hybridized carbons (Fsp3) is 0.438. The lowest BCUT2D eigenvalue weighted by Gasteiger charge is -2.18. The van der Waals surface area contributed by atoms with Gasteiger partial charge in [-0.2, -0.15) is 0 Å². The summed E-state index contributed by atoms with van der Waals surface area (Å²) in [5, 5.41) is 3.86. The summed E-state index contributed by atoms with van der Waals surface area (Å²) < 4.78 is 16.5. The number of benzene rings is 1. The molecule has 1 N–H and O–H groups in total. The maximum atomic E-state index is 12.3. The molecule has 1 saturated heterocycles. The number of rotatable bonds is 4. The van der Waals surface area contributed by atoms with Crippen LogP contribution in [-0.4, -0.2) is 37.9 Å². The van der Waals surface area contributed by atoms with Crippen LogP contribution in [-0.2, 0) is 9.47 Å². The minimum Gasteiger partial charge on any atom is -0.451 e. The van der Waals surface area contributed by atoms with Crippen molar-refractivity contribution in [3.63, 3.8) is 0 Å². The molecular weight excluding hydrogens is 270 g/mol. The molecule has 0 aliphatic carbocycles. The third-order valence-corrected chi connectivity index (χ3v) is 3.62. The third kappa shape index (κ3) is 2.94. The van der Waals surface area contributed by atoms with Crippen molar-refractivity contribution < 1.29 is 18.7 Å². The molecule has 0 bridgehead atoms. The van der Waals surface area contributed by atoms with Gasteiger partial charge in [-0.25, -0.2) is 0 Å². The predicted molar refractivity (Wildman–Crippen MR) is 78.4 cm³/mol. The first kappa shape index (κ1) is 14.1. The molecule has 5 nitrogen and oxygen atoms in total. The summed E-state index contributed by atoms with van der Waals surface area (Å²) in [7, 11) is 0. The summed E-state index contributed by atoms with van der Waals surface area (Å²) in [5.41, 5.74) is 1.85. The highest BCUT2D eigenvalue weighted by atomic mass is 16.5. The van der Waals surface area contributed by atoms with Crippen LogP contribution >= 0.6 is 0 Å². The number of carbonyl (C=O) groups excluding carboxylic acids is 1. The number of furan rings is 1. The van der Waals surface area contributed by atoms with Gasteiger partial charge in [0, 0.05) is 12.0 Å². The quantitative estimate of drug-likeness (QED) is 0.938. The molecule has 0 saturated carbocycles. The Labute approximate surface area is 123 Å². The van der Waals surface area contributed by atoms with Gasteiger partial charge in [-0.05, 0) is 32.0 Å². The molecule has 0 unspecified atom stereocenters. The standard InChI is InChI=1S/C16H19NO4/c1-3-20-15-9-19-8-12(15)17-16(18)14-7-11-6-10(2)4-5-13(11)21-14/h4-7,12,15H,3,8-9H2,1-2H3,(H,17,18)/t12-,15-/m1/s1. The largest absolute Gasteiger partial charge is 0.451 e. The van der Waals surface area contributed by atoms with E-state index in [-0.39, 0.29) is 18.1 Å². The van der Waals surface area contributed by atoms with E-state index in [1.165, 1.54) is 0 Å². The fourth-order valence-corrected chi connectivity index (χ4v) is 2.56. The van der Waals surface area contributed by atoms with E-state index >= 15 is 0 Å². The van der Waals surface area contributed by atoms with Crippen molar-refractivity contribution in [1.29, 1.82) is 0 Å². The lowest BCUT2D eigenvalue weighted by Crippen LogP contribution is -2.43. The second-order valence-electron chi connectivity index (χ2n) is 5.26. The van der Waals surface area contributed by atoms with Crippen LogP contribution in [0.1, 0.15) is 23.0 Å². The molecule has 112 valence electrons. The number of amides is 1. The highest BCUT2D eigenvalue weighted by molar-refractivity contribution is 5.96. The van der Waals surface area contributed by atoms with Crippen molar-refractivity contribution in [3.05, 3.63) is 35.6 Å². The molecular formula is C16H19NO4. The molecule has 1 aromatic heterocycles. The predicted octanol–water partition coefficient (Wildman–Crippen LogP) is 2.27. The monoisotopic (exact) mass is 289 g/mol. The summed E-state index contributed by atoms with van der Waals surface area (Å²) in [4.78, 5) is 12.3. The van der Waals surface area contributed by atoms with E-state index < -0.39 is 0 Å². The van der Waals surface area contributed by atoms with Crippen molar-refractivity contribution in [2.75, 3.05) is 19.8 Å². The summed E-state index contributed by atoms with van der Waals surface area (Å²) in [5.74, 6) is 0.0850. The molecule has 0 radical (unpaired) electrons. The van der Waals surface area contributed by atoms with Gasteiger partial charge in [0.1, 0.15) is 11.7 Å². The van der Waals surface area contributed by atoms with E-state index in [2.05, 4.69) is 5.32 Å². The second-order valence-corrected chi connectivity index (χ2v) is 5.26. The maximum absolute atomic E-state index is 12.3. The van der Waals surface area contributed by atoms with Crippen LogP contribution in [0.3, 0.4) is 0 Å². The number of aryl methyl sites for hydroxylation is 1. The van der Waals surface area contributed by atoms with Crippen LogP contribution in [0, 0.1) is 6.92 Å². The smallest absolute Gasteiger partial charge is 0.287 e. The Balaban J connectivity index is 1.74. The van der Waals surface area contributed by atoms with Crippen LogP contribution in [0.15, 0.2) is 28.7 Å². The van der Waals surface area contributed by atoms with Gasteiger partial charge in [-0.15, -0.1) is 0 Å². The zero-order valence-electron chi connectivity index (χ0n) is 12.2. The molecule has 1 amide bonds. The van der Waals surface area contributed by atoms with Crippen molar-refractivity contribution in [2.45, 2.75) is 26.0 Å². The minimum atomic E-state index is -0.232. The van der Waals surface area contributed by atoms with E-state index in [9.17, 15) is 4.79 Å². The average Bonchev–Trinajstić information content (AvgIpc) is 3.06. The number of nitrogens with one attached hydrogen (secondary N) is 1. The van der Waals surface area contributed by atoms with E-state index in [0.29, 0.717) is 25.6 Å². The second kappa shape index (κ2) is 5.87. The molecule has 0 spiro atoms. The van der Waals surface area contributed by atoms with Gasteiger partial charge in [-0.3, -0.25) is 4.79 Å². The molecule has 2 aromatic rings. The van der Waals surface area contributed by atoms with E-state index in [1.54, 1.807) is 6.07 Å². The Hall–Kier alpha value is -1.85. The first-order valence-corrected chi connectivity index (χ1v) is 7.18. The number of carbonyl (C=O) groups is 1. The average molecular weight is 289 g/mol. The van der Waals surface area contributed by atoms with Gasteiger partial charge in [-0.1, -0.05) is 11.6 Å². The summed E-state index contributed by atoms with van der Waals surface area (Å²) in [6.07, 6.45) is -0.0921. The van der Waals surface area contributed by atoms with Crippen molar-refractivity contribution in [3.8, 4) is 0 Å². The molecule has 21 heavy (non-hydrogen) atoms. The van der Waals surface area contributed by atoms with Crippen molar-refractivity contribution in [1.82, 2.24) is 5.32 Å². The van der Waals surface area contributed by atoms with E-state index in [0.717, 1.165) is 16.5 Å². The Morgan fingerprint density at radius 2 is 2.24 bits per heavy atom. The molecule has 3 rings (SSSR count). The molecule has 1 aliphatic heterocycles. The van der Waals surface area contributed by atoms with Crippen LogP contribution in [0.25, 0.3) is 11.0 Å². The van der Waals surface area contributed by atoms with Crippen LogP contribution in [0.4, 0.5) is 0 Å². The summed E-state index contributed by atoms with van der Waals surface area (Å²) in [6, 6.07) is 7.47. The van der Waals surface area contributed by atoms with Crippen molar-refractivity contribution >= 4 is 16.9 Å². The van der Waals surface area contributed by atoms with Gasteiger partial charge >= 0.3 is 0 Å². The third-order valence-electron chi connectivity index (χ3n) is 3.62. The maximum Gasteiger partial charge on any atom is 0.287 e. The van der Waals surface area contributed by atoms with Crippen LogP contribution < -0.4 is 5.32 Å². The topological polar surface area (TPSA) is 60.7 Å². The SMILES string of the molecule is CCO[C@@H]1COC[C@H]1NC(=O)c1cc2cc(C)ccc2o1. The normalized spacial score (nSPS) is 21.8. The molecule has 2 heterocycles. The summed E-state index contributed by atoms with van der Waals surface area (Å²) in [6.45, 7) is 5.52. The minimum absolute atomic E-state index is 0.0921. The Kier molecular flexibility index (Phi) is 3.94. The first-order chi connectivity index (χ1) is 10.2. The van der Waals surface area contributed by atoms with Gasteiger partial charge < -0.3 is 19.2 Å². The number of fused-ring (bicyclic) bond motifs is 1. The first-order valence-electron chi connectivity index (χ1n) is 7.18. The highest BCUT2D eigenvalue weighted by Crippen LogP contribution is 2.21. The van der Waals surface area contributed by atoms with Crippen LogP contribution in [0.2, 0.25) is 0 Å². The Morgan fingerprint density at radius 3 is 3.05 bits per heavy atom. The lowest BCUT2D eigenvalue weighted by atomic mass is 10.2. The Bertz CT molecular complexity index is 649. The molecule has 5 heteroatoms. The zero-order valence-corrected chi connectivity index (χ0v) is 12.2. The van der Waals surface area contributed by atoms with Gasteiger partial charge in [0.05, 0.1) is 19.3 Å². The summed E-state index contributed by atoms with van der Waals surface area (Å²) >= 11 is 0. The lowest BCUT2D eigenvalue weighted by molar-refractivity contribution is 0.0399. The Morgan fingerprint density at radius 1 is 1.38 bits per heavy atom. The van der Waals surface area contributed by atoms with E-state index in [1.807, 2.05) is 32.0 Å². The molecule has 1 aromatic carbocycles. The van der Waals surface area contributed by atoms with Crippen LogP contribution in [0.5, 0.6) is 0 Å². The van der Waals surface area contributed by atoms with Gasteiger partial charge in [0.2, 0.25) is 0 Å². The number of hydrogen-bond donors (Lipinski definition) is 1. The molecule has 1 aliphatic rings. The fourth-order valence-electron chi connectivity index (χ4n) is 2.56. The zero-order chi connectivity index (χ0) is 14.8. The highest BCUT2D eigenvalue weighted by Gasteiger charge is 2.31.